The van der Waals surface area contributed by atoms with E-state index < -0.39 is 29.7 Å². The number of likely N-dealkylation sites (N-methyl/N-ethyl adjacent to an activating group) is 1. The maximum absolute atomic E-state index is 12.8. The number of nitrogens with zero attached hydrogens (tertiary/aromatic N) is 1. The Morgan fingerprint density at radius 3 is 2.48 bits per heavy atom. The molecule has 1 aromatic rings. The monoisotopic (exact) mass is 332 g/mol. The third-order valence-corrected chi connectivity index (χ3v) is 3.22. The lowest BCUT2D eigenvalue weighted by Crippen LogP contribution is -2.38. The molecule has 0 radical (unpaired) electrons. The molecule has 0 aliphatic heterocycles. The van der Waals surface area contributed by atoms with E-state index in [4.69, 9.17) is 5.11 Å². The molecule has 8 heteroatoms. The summed E-state index contributed by atoms with van der Waals surface area (Å²) < 4.78 is 38.5. The minimum absolute atomic E-state index is 0.0240. The summed E-state index contributed by atoms with van der Waals surface area (Å²) in [7, 11) is 1.38. The van der Waals surface area contributed by atoms with Crippen molar-refractivity contribution in [3.05, 3.63) is 29.3 Å². The Morgan fingerprint density at radius 2 is 1.96 bits per heavy atom. The van der Waals surface area contributed by atoms with Crippen LogP contribution in [0.5, 0.6) is 0 Å². The van der Waals surface area contributed by atoms with Gasteiger partial charge in [0.05, 0.1) is 11.7 Å². The van der Waals surface area contributed by atoms with Gasteiger partial charge in [-0.3, -0.25) is 9.59 Å². The number of carbonyl (C=O) groups is 2. The van der Waals surface area contributed by atoms with Crippen LogP contribution < -0.4 is 5.32 Å². The van der Waals surface area contributed by atoms with E-state index in [1.807, 2.05) is 0 Å². The maximum Gasteiger partial charge on any atom is 0.416 e. The largest absolute Gasteiger partial charge is 0.416 e. The molecule has 0 fully saturated rings. The fraction of sp³-hybridized carbons (Fsp3) is 0.467. The molecule has 0 aromatic heterocycles. The van der Waals surface area contributed by atoms with Gasteiger partial charge >= 0.3 is 18.0 Å². The summed E-state index contributed by atoms with van der Waals surface area (Å²) in [4.78, 5) is 24.7. The van der Waals surface area contributed by atoms with Gasteiger partial charge in [0.1, 0.15) is 0 Å². The number of amides is 2. The molecular formula is C15H19F3N2O3. The summed E-state index contributed by atoms with van der Waals surface area (Å²) in [5, 5.41) is 11.3. The summed E-state index contributed by atoms with van der Waals surface area (Å²) in [6.45, 7) is 3.01. The first-order valence-corrected chi connectivity index (χ1v) is 6.94. The molecule has 0 saturated carbocycles. The predicted molar refractivity (Wildman–Crippen MR) is 78.7 cm³/mol. The molecule has 0 spiro atoms. The van der Waals surface area contributed by atoms with E-state index >= 15 is 0 Å². The van der Waals surface area contributed by atoms with Crippen molar-refractivity contribution < 1.29 is 27.9 Å². The third-order valence-electron chi connectivity index (χ3n) is 3.22. The van der Waals surface area contributed by atoms with Crippen LogP contribution in [0, 0.1) is 6.92 Å². The topological polar surface area (TPSA) is 69.6 Å². The van der Waals surface area contributed by atoms with Gasteiger partial charge in [0, 0.05) is 19.3 Å². The van der Waals surface area contributed by atoms with Gasteiger partial charge < -0.3 is 15.3 Å². The SMILES string of the molecule is Cc1ccc(NC(=O)C(=O)N(C)CCC(C)O)cc1C(F)(F)F. The first kappa shape index (κ1) is 19.0. The average molecular weight is 332 g/mol. The second-order valence-corrected chi connectivity index (χ2v) is 5.35. The summed E-state index contributed by atoms with van der Waals surface area (Å²) in [5.74, 6) is -1.92. The van der Waals surface area contributed by atoms with Gasteiger partial charge in [-0.05, 0) is 38.0 Å². The normalized spacial score (nSPS) is 12.7. The number of aryl methyl sites for hydroxylation is 1. The first-order valence-electron chi connectivity index (χ1n) is 6.94. The molecule has 0 aliphatic carbocycles. The lowest BCUT2D eigenvalue weighted by Gasteiger charge is -2.18. The number of hydrogen-bond donors (Lipinski definition) is 2. The van der Waals surface area contributed by atoms with Crippen molar-refractivity contribution in [3.63, 3.8) is 0 Å². The van der Waals surface area contributed by atoms with E-state index in [0.29, 0.717) is 0 Å². The van der Waals surface area contributed by atoms with E-state index in [9.17, 15) is 22.8 Å². The van der Waals surface area contributed by atoms with Crippen LogP contribution in [0.2, 0.25) is 0 Å². The highest BCUT2D eigenvalue weighted by Gasteiger charge is 2.32. The maximum atomic E-state index is 12.8. The molecule has 0 heterocycles. The molecular weight excluding hydrogens is 313 g/mol. The van der Waals surface area contributed by atoms with Crippen LogP contribution in [0.3, 0.4) is 0 Å². The zero-order valence-corrected chi connectivity index (χ0v) is 13.1. The molecule has 128 valence electrons. The number of anilines is 1. The minimum atomic E-state index is -4.54. The van der Waals surface area contributed by atoms with E-state index in [1.165, 1.54) is 26.1 Å². The van der Waals surface area contributed by atoms with Crippen LogP contribution in [0.4, 0.5) is 18.9 Å². The average Bonchev–Trinajstić information content (AvgIpc) is 2.44. The summed E-state index contributed by atoms with van der Waals surface area (Å²) in [6.07, 6.45) is -4.87. The summed E-state index contributed by atoms with van der Waals surface area (Å²) in [6, 6.07) is 3.31. The molecule has 0 saturated heterocycles. The van der Waals surface area contributed by atoms with Crippen LogP contribution in [-0.4, -0.2) is 41.5 Å². The number of aliphatic hydroxyl groups is 1. The molecule has 1 aromatic carbocycles. The molecule has 0 aliphatic rings. The molecule has 2 amide bonds. The Hall–Kier alpha value is -2.09. The van der Waals surface area contributed by atoms with E-state index in [0.717, 1.165) is 11.0 Å². The quantitative estimate of drug-likeness (QED) is 0.831. The number of alkyl halides is 3. The van der Waals surface area contributed by atoms with Crippen molar-refractivity contribution in [2.45, 2.75) is 32.5 Å². The molecule has 5 nitrogen and oxygen atoms in total. The number of hydrogen-bond acceptors (Lipinski definition) is 3. The van der Waals surface area contributed by atoms with Gasteiger partial charge in [-0.2, -0.15) is 13.2 Å². The fourth-order valence-corrected chi connectivity index (χ4v) is 1.85. The van der Waals surface area contributed by atoms with Gasteiger partial charge in [0.2, 0.25) is 0 Å². The zero-order chi connectivity index (χ0) is 17.8. The Bertz CT molecular complexity index is 586. The second-order valence-electron chi connectivity index (χ2n) is 5.35. The Balaban J connectivity index is 2.79. The highest BCUT2D eigenvalue weighted by molar-refractivity contribution is 6.39. The molecule has 1 unspecified atom stereocenters. The van der Waals surface area contributed by atoms with Gasteiger partial charge in [0.15, 0.2) is 0 Å². The Labute approximate surface area is 132 Å². The van der Waals surface area contributed by atoms with Gasteiger partial charge in [-0.25, -0.2) is 0 Å². The van der Waals surface area contributed by atoms with Crippen molar-refractivity contribution in [1.82, 2.24) is 4.90 Å². The number of nitrogens with one attached hydrogen (secondary N) is 1. The Kier molecular flexibility index (Phi) is 6.14. The second kappa shape index (κ2) is 7.45. The highest BCUT2D eigenvalue weighted by atomic mass is 19.4. The lowest BCUT2D eigenvalue weighted by atomic mass is 10.1. The van der Waals surface area contributed by atoms with E-state index in [-0.39, 0.29) is 24.2 Å². The van der Waals surface area contributed by atoms with Crippen LogP contribution in [0.1, 0.15) is 24.5 Å². The lowest BCUT2D eigenvalue weighted by molar-refractivity contribution is -0.142. The van der Waals surface area contributed by atoms with Crippen LogP contribution >= 0.6 is 0 Å². The standard InChI is InChI=1S/C15H19F3N2O3/c1-9-4-5-11(8-12(9)15(16,17)18)19-13(22)14(23)20(3)7-6-10(2)21/h4-5,8,10,21H,6-7H2,1-3H3,(H,19,22). The van der Waals surface area contributed by atoms with Crippen molar-refractivity contribution in [2.75, 3.05) is 18.9 Å². The molecule has 2 N–H and O–H groups in total. The number of rotatable bonds is 4. The van der Waals surface area contributed by atoms with Crippen LogP contribution in [-0.2, 0) is 15.8 Å². The smallest absolute Gasteiger partial charge is 0.393 e. The molecule has 1 rings (SSSR count). The van der Waals surface area contributed by atoms with Gasteiger partial charge in [0.25, 0.3) is 0 Å². The number of aliphatic hydroxyl groups excluding tert-OH is 1. The van der Waals surface area contributed by atoms with Crippen molar-refractivity contribution in [2.24, 2.45) is 0 Å². The van der Waals surface area contributed by atoms with Crippen LogP contribution in [0.25, 0.3) is 0 Å². The van der Waals surface area contributed by atoms with Crippen LogP contribution in [0.15, 0.2) is 18.2 Å². The Morgan fingerprint density at radius 1 is 1.35 bits per heavy atom. The highest BCUT2D eigenvalue weighted by Crippen LogP contribution is 2.33. The van der Waals surface area contributed by atoms with Gasteiger partial charge in [-0.1, -0.05) is 6.07 Å². The van der Waals surface area contributed by atoms with E-state index in [2.05, 4.69) is 5.32 Å². The molecule has 0 bridgehead atoms. The van der Waals surface area contributed by atoms with Crippen molar-refractivity contribution in [3.8, 4) is 0 Å². The predicted octanol–water partition coefficient (Wildman–Crippen LogP) is 2.18. The van der Waals surface area contributed by atoms with E-state index in [1.54, 1.807) is 6.92 Å². The number of benzene rings is 1. The summed E-state index contributed by atoms with van der Waals surface area (Å²) >= 11 is 0. The van der Waals surface area contributed by atoms with Crippen molar-refractivity contribution in [1.29, 1.82) is 0 Å². The minimum Gasteiger partial charge on any atom is -0.393 e. The van der Waals surface area contributed by atoms with Crippen molar-refractivity contribution >= 4 is 17.5 Å². The summed E-state index contributed by atoms with van der Waals surface area (Å²) in [5.41, 5.74) is -0.953. The fourth-order valence-electron chi connectivity index (χ4n) is 1.85. The zero-order valence-electron chi connectivity index (χ0n) is 13.1. The first-order chi connectivity index (χ1) is 10.5. The number of halogens is 3. The number of carbonyl (C=O) groups excluding carboxylic acids is 2. The third kappa shape index (κ3) is 5.55. The molecule has 1 atom stereocenters. The van der Waals surface area contributed by atoms with Gasteiger partial charge in [-0.15, -0.1) is 0 Å². The molecule has 23 heavy (non-hydrogen) atoms.